The average molecular weight is 489 g/mol. The first-order valence-corrected chi connectivity index (χ1v) is 2.38. The first-order chi connectivity index (χ1) is 3.48. The molecule has 0 heterocycles. The number of hydrogen-bond donors (Lipinski definition) is 1. The molecule has 5 heteroatoms. The summed E-state index contributed by atoms with van der Waals surface area (Å²) in [4.78, 5) is 10.4. The van der Waals surface area contributed by atoms with Crippen molar-refractivity contribution in [2.75, 3.05) is 0 Å². The molecule has 10 heavy (non-hydrogen) atoms. The van der Waals surface area contributed by atoms with Gasteiger partial charge in [0.2, 0.25) is 0 Å². The van der Waals surface area contributed by atoms with Crippen LogP contribution in [0.5, 0.6) is 0 Å². The first-order valence-electron chi connectivity index (χ1n) is 2.38. The largest absolute Gasteiger partial charge is 0.534 e. The second-order valence-electron chi connectivity index (χ2n) is 2.66. The monoisotopic (exact) mass is 490 g/mol. The van der Waals surface area contributed by atoms with Crippen LogP contribution in [-0.2, 0) is 45.6 Å². The van der Waals surface area contributed by atoms with Gasteiger partial charge >= 0.3 is 0 Å². The van der Waals surface area contributed by atoms with Crippen molar-refractivity contribution in [1.82, 2.24) is 0 Å². The summed E-state index contributed by atoms with van der Waals surface area (Å²) in [6.45, 7) is 5.07. The molecule has 0 fully saturated rings. The molecule has 0 aromatic heterocycles. The smallest absolute Gasteiger partial charge is 0.0765 e. The standard InChI is InChI=1S/C5H11NO2.2Re/c1-5(2,3)4(7)6-8;;/h1-3H3,(H2,6,7,8);;/p-1. The Morgan fingerprint density at radius 3 is 1.60 bits per heavy atom. The van der Waals surface area contributed by atoms with E-state index in [0.717, 1.165) is 0 Å². The van der Waals surface area contributed by atoms with Crippen LogP contribution in [0, 0.1) is 5.41 Å². The molecular formula is C5H10NO2Re2-. The van der Waals surface area contributed by atoms with E-state index in [4.69, 9.17) is 5.21 Å². The van der Waals surface area contributed by atoms with E-state index in [0.29, 0.717) is 0 Å². The first kappa shape index (κ1) is 17.0. The number of nitrogens with zero attached hydrogens (tertiary/aromatic N) is 1. The third-order valence-electron chi connectivity index (χ3n) is 0.732. The molecule has 0 atom stereocenters. The van der Waals surface area contributed by atoms with Gasteiger partial charge in [-0.05, 0) is 0 Å². The molecule has 0 aromatic carbocycles. The Morgan fingerprint density at radius 1 is 1.30 bits per heavy atom. The summed E-state index contributed by atoms with van der Waals surface area (Å²) in [6, 6.07) is 0. The predicted octanol–water partition coefficient (Wildman–Crippen LogP) is 1.32. The van der Waals surface area contributed by atoms with Crippen molar-refractivity contribution in [1.29, 1.82) is 0 Å². The number of amides is 1. The van der Waals surface area contributed by atoms with Crippen molar-refractivity contribution >= 4 is 5.91 Å². The molecule has 0 saturated carbocycles. The molecule has 0 aliphatic rings. The molecule has 2 radical (unpaired) electrons. The molecule has 0 aromatic rings. The molecule has 0 spiro atoms. The van der Waals surface area contributed by atoms with Crippen LogP contribution in [0.25, 0.3) is 5.48 Å². The number of rotatable bonds is 0. The van der Waals surface area contributed by atoms with Crippen molar-refractivity contribution in [3.8, 4) is 0 Å². The van der Waals surface area contributed by atoms with Crippen LogP contribution in [0.3, 0.4) is 0 Å². The summed E-state index contributed by atoms with van der Waals surface area (Å²) in [5.41, 5.74) is 1.97. The van der Waals surface area contributed by atoms with E-state index in [9.17, 15) is 4.79 Å². The second-order valence-corrected chi connectivity index (χ2v) is 2.66. The number of carbonyl (C=O) groups is 1. The number of carbonyl (C=O) groups excluding carboxylic acids is 1. The minimum Gasteiger partial charge on any atom is -0.534 e. The van der Waals surface area contributed by atoms with E-state index >= 15 is 0 Å². The zero-order valence-electron chi connectivity index (χ0n) is 6.06. The molecule has 0 unspecified atom stereocenters. The topological polar surface area (TPSA) is 51.4 Å². The summed E-state index contributed by atoms with van der Waals surface area (Å²) < 4.78 is 0. The molecule has 0 rings (SSSR count). The molecule has 0 bridgehead atoms. The SMILES string of the molecule is CC(C)(C)C(=O)[N-]O.[Re].[Re]. The maximum atomic E-state index is 10.4. The Bertz CT molecular complexity index is 100. The second kappa shape index (κ2) is 6.46. The summed E-state index contributed by atoms with van der Waals surface area (Å²) in [6.07, 6.45) is 0. The van der Waals surface area contributed by atoms with Gasteiger partial charge < -0.3 is 15.5 Å². The maximum Gasteiger partial charge on any atom is 0.0765 e. The van der Waals surface area contributed by atoms with Gasteiger partial charge in [-0.2, -0.15) is 0 Å². The number of hydrogen-bond acceptors (Lipinski definition) is 2. The molecule has 1 amide bonds. The van der Waals surface area contributed by atoms with Crippen LogP contribution in [-0.4, -0.2) is 11.1 Å². The van der Waals surface area contributed by atoms with Gasteiger partial charge in [0.15, 0.2) is 0 Å². The fourth-order valence-electron chi connectivity index (χ4n) is 0.150. The van der Waals surface area contributed by atoms with Gasteiger partial charge in [-0.25, -0.2) is 0 Å². The van der Waals surface area contributed by atoms with Crippen molar-refractivity contribution in [3.05, 3.63) is 5.48 Å². The Morgan fingerprint density at radius 2 is 1.60 bits per heavy atom. The molecule has 1 N–H and O–H groups in total. The summed E-state index contributed by atoms with van der Waals surface area (Å²) in [5.74, 6) is -0.488. The van der Waals surface area contributed by atoms with Crippen LogP contribution in [0.1, 0.15) is 20.8 Å². The third kappa shape index (κ3) is 6.87. The molecular weight excluding hydrogens is 478 g/mol. The van der Waals surface area contributed by atoms with Gasteiger partial charge in [0, 0.05) is 46.3 Å². The van der Waals surface area contributed by atoms with Gasteiger partial charge in [0.05, 0.1) is 5.91 Å². The summed E-state index contributed by atoms with van der Waals surface area (Å²) >= 11 is 0. The Kier molecular flexibility index (Phi) is 11.0. The molecule has 3 nitrogen and oxygen atoms in total. The van der Waals surface area contributed by atoms with Crippen molar-refractivity contribution in [2.24, 2.45) is 5.41 Å². The molecule has 0 aliphatic heterocycles. The fraction of sp³-hybridized carbons (Fsp3) is 0.800. The quantitative estimate of drug-likeness (QED) is 0.413. The van der Waals surface area contributed by atoms with Crippen LogP contribution < -0.4 is 0 Å². The van der Waals surface area contributed by atoms with Crippen molar-refractivity contribution < 1.29 is 50.8 Å². The predicted molar refractivity (Wildman–Crippen MR) is 29.6 cm³/mol. The maximum absolute atomic E-state index is 10.4. The van der Waals surface area contributed by atoms with E-state index < -0.39 is 11.3 Å². The third-order valence-corrected chi connectivity index (χ3v) is 0.732. The summed E-state index contributed by atoms with van der Waals surface area (Å²) in [5, 5.41) is 7.95. The van der Waals surface area contributed by atoms with Crippen molar-refractivity contribution in [2.45, 2.75) is 20.8 Å². The molecule has 62 valence electrons. The van der Waals surface area contributed by atoms with Crippen LogP contribution in [0.15, 0.2) is 0 Å². The average Bonchev–Trinajstić information content (AvgIpc) is 1.62. The van der Waals surface area contributed by atoms with Crippen molar-refractivity contribution in [3.63, 3.8) is 0 Å². The fourth-order valence-corrected chi connectivity index (χ4v) is 0.150. The van der Waals surface area contributed by atoms with E-state index in [1.165, 1.54) is 0 Å². The van der Waals surface area contributed by atoms with E-state index in [2.05, 4.69) is 5.48 Å². The van der Waals surface area contributed by atoms with Gasteiger partial charge in [0.1, 0.15) is 0 Å². The minimum atomic E-state index is -0.547. The van der Waals surface area contributed by atoms with Gasteiger partial charge in [-0.15, -0.1) is 0 Å². The normalized spacial score (nSPS) is 8.80. The molecule has 0 aliphatic carbocycles. The zero-order chi connectivity index (χ0) is 6.78. The van der Waals surface area contributed by atoms with E-state index in [1.807, 2.05) is 0 Å². The summed E-state index contributed by atoms with van der Waals surface area (Å²) in [7, 11) is 0. The number of hydroxylamine groups is 1. The van der Waals surface area contributed by atoms with E-state index in [-0.39, 0.29) is 40.8 Å². The van der Waals surface area contributed by atoms with Crippen LogP contribution in [0.2, 0.25) is 0 Å². The van der Waals surface area contributed by atoms with Gasteiger partial charge in [0.25, 0.3) is 0 Å². The van der Waals surface area contributed by atoms with Gasteiger partial charge in [-0.1, -0.05) is 20.8 Å². The van der Waals surface area contributed by atoms with E-state index in [1.54, 1.807) is 20.8 Å². The Balaban J connectivity index is -0.000000245. The minimum absolute atomic E-state index is 0. The van der Waals surface area contributed by atoms with Crippen LogP contribution >= 0.6 is 0 Å². The van der Waals surface area contributed by atoms with Crippen LogP contribution in [0.4, 0.5) is 0 Å². The Labute approximate surface area is 88.2 Å². The zero-order valence-corrected chi connectivity index (χ0v) is 11.5. The molecule has 0 saturated heterocycles. The Hall–Kier alpha value is 0.755. The van der Waals surface area contributed by atoms with Gasteiger partial charge in [-0.3, -0.25) is 0 Å².